The minimum atomic E-state index is -0.867. The summed E-state index contributed by atoms with van der Waals surface area (Å²) in [7, 11) is 0. The van der Waals surface area contributed by atoms with Crippen molar-refractivity contribution in [2.75, 3.05) is 25.0 Å². The summed E-state index contributed by atoms with van der Waals surface area (Å²) >= 11 is 5.95. The molecule has 1 atom stereocenters. The zero-order chi connectivity index (χ0) is 17.6. The maximum Gasteiger partial charge on any atom is 0.412 e. The third-order valence-corrected chi connectivity index (χ3v) is 4.85. The number of hydrogen-bond acceptors (Lipinski definition) is 4. The first kappa shape index (κ1) is 16.3. The van der Waals surface area contributed by atoms with Crippen LogP contribution in [0.2, 0.25) is 5.02 Å². The van der Waals surface area contributed by atoms with Gasteiger partial charge in [-0.25, -0.2) is 9.18 Å². The lowest BCUT2D eigenvalue weighted by molar-refractivity contribution is -0.118. The van der Waals surface area contributed by atoms with Gasteiger partial charge in [-0.1, -0.05) is 23.7 Å². The van der Waals surface area contributed by atoms with Crippen LogP contribution in [0.15, 0.2) is 42.5 Å². The van der Waals surface area contributed by atoms with Crippen LogP contribution >= 0.6 is 11.6 Å². The number of aliphatic hydroxyl groups excluding tert-OH is 1. The second kappa shape index (κ2) is 5.98. The average Bonchev–Trinajstić information content (AvgIpc) is 2.54. The highest BCUT2D eigenvalue weighted by molar-refractivity contribution is 6.30. The normalized spacial score (nSPS) is 19.6. The molecule has 2 aromatic rings. The van der Waals surface area contributed by atoms with E-state index in [0.29, 0.717) is 35.9 Å². The predicted octanol–water partition coefficient (Wildman–Crippen LogP) is 3.29. The van der Waals surface area contributed by atoms with E-state index >= 15 is 0 Å². The third kappa shape index (κ3) is 2.97. The highest BCUT2D eigenvalue weighted by Crippen LogP contribution is 2.43. The molecule has 4 rings (SSSR count). The molecule has 1 fully saturated rings. The van der Waals surface area contributed by atoms with Crippen molar-refractivity contribution in [3.63, 3.8) is 0 Å². The number of carbonyl (C=O) groups is 1. The number of halogens is 2. The number of rotatable bonds is 3. The van der Waals surface area contributed by atoms with E-state index in [0.717, 1.165) is 5.56 Å². The van der Waals surface area contributed by atoms with Crippen LogP contribution in [-0.2, 0) is 10.3 Å². The Bertz CT molecular complexity index is 839. The standard InChI is InChI=1S/C18H16ClFN2O3/c19-12-3-1-2-11(6-12)16(23)8-22-9-18(10-22)14-7-13(20)4-5-15(14)21-17(24)25-18/h1-7,16,23H,8-10H2,(H,21,24). The summed E-state index contributed by atoms with van der Waals surface area (Å²) in [6.45, 7) is 1.17. The lowest BCUT2D eigenvalue weighted by Gasteiger charge is -2.51. The minimum Gasteiger partial charge on any atom is -0.435 e. The Morgan fingerprint density at radius 1 is 1.32 bits per heavy atom. The van der Waals surface area contributed by atoms with Gasteiger partial charge < -0.3 is 9.84 Å². The molecule has 7 heteroatoms. The Hall–Kier alpha value is -2.15. The van der Waals surface area contributed by atoms with Gasteiger partial charge in [0.2, 0.25) is 0 Å². The average molecular weight is 363 g/mol. The summed E-state index contributed by atoms with van der Waals surface area (Å²) in [4.78, 5) is 13.8. The van der Waals surface area contributed by atoms with Crippen molar-refractivity contribution in [3.05, 3.63) is 64.4 Å². The molecular formula is C18H16ClFN2O3. The van der Waals surface area contributed by atoms with Gasteiger partial charge >= 0.3 is 6.09 Å². The Kier molecular flexibility index (Phi) is 3.91. The maximum atomic E-state index is 13.6. The molecule has 0 radical (unpaired) electrons. The van der Waals surface area contributed by atoms with E-state index in [9.17, 15) is 14.3 Å². The van der Waals surface area contributed by atoms with E-state index in [1.54, 1.807) is 24.3 Å². The zero-order valence-electron chi connectivity index (χ0n) is 13.2. The van der Waals surface area contributed by atoms with Crippen molar-refractivity contribution >= 4 is 23.4 Å². The van der Waals surface area contributed by atoms with Gasteiger partial charge in [0.25, 0.3) is 0 Å². The first-order chi connectivity index (χ1) is 11.9. The largest absolute Gasteiger partial charge is 0.435 e. The van der Waals surface area contributed by atoms with Crippen molar-refractivity contribution in [1.29, 1.82) is 0 Å². The molecule has 2 aromatic carbocycles. The monoisotopic (exact) mass is 362 g/mol. The number of anilines is 1. The molecule has 25 heavy (non-hydrogen) atoms. The number of nitrogens with one attached hydrogen (secondary N) is 1. The maximum absolute atomic E-state index is 13.6. The van der Waals surface area contributed by atoms with Crippen molar-refractivity contribution in [3.8, 4) is 0 Å². The molecule has 1 saturated heterocycles. The Morgan fingerprint density at radius 3 is 2.88 bits per heavy atom. The summed E-state index contributed by atoms with van der Waals surface area (Å²) in [5.74, 6) is -0.379. The van der Waals surface area contributed by atoms with E-state index < -0.39 is 17.8 Å². The van der Waals surface area contributed by atoms with Gasteiger partial charge in [-0.15, -0.1) is 0 Å². The van der Waals surface area contributed by atoms with E-state index in [4.69, 9.17) is 16.3 Å². The second-order valence-corrected chi connectivity index (χ2v) is 6.88. The van der Waals surface area contributed by atoms with Crippen LogP contribution in [0.3, 0.4) is 0 Å². The molecule has 1 spiro atoms. The second-order valence-electron chi connectivity index (χ2n) is 6.44. The number of aliphatic hydroxyl groups is 1. The molecule has 2 aliphatic heterocycles. The summed E-state index contributed by atoms with van der Waals surface area (Å²) in [6, 6.07) is 11.3. The lowest BCUT2D eigenvalue weighted by atomic mass is 9.83. The fourth-order valence-corrected chi connectivity index (χ4v) is 3.67. The predicted molar refractivity (Wildman–Crippen MR) is 91.0 cm³/mol. The summed E-state index contributed by atoms with van der Waals surface area (Å²) in [5.41, 5.74) is 1.05. The molecule has 0 bridgehead atoms. The number of ether oxygens (including phenoxy) is 1. The molecule has 0 saturated carbocycles. The van der Waals surface area contributed by atoms with Crippen molar-refractivity contribution in [2.24, 2.45) is 0 Å². The quantitative estimate of drug-likeness (QED) is 0.879. The van der Waals surface area contributed by atoms with Crippen LogP contribution in [-0.4, -0.2) is 35.7 Å². The Labute approximate surface area is 149 Å². The van der Waals surface area contributed by atoms with Crippen LogP contribution in [0.25, 0.3) is 0 Å². The van der Waals surface area contributed by atoms with Gasteiger partial charge in [0, 0.05) is 30.2 Å². The number of benzene rings is 2. The van der Waals surface area contributed by atoms with Crippen LogP contribution in [0.4, 0.5) is 14.9 Å². The summed E-state index contributed by atoms with van der Waals surface area (Å²) in [5, 5.41) is 13.5. The molecule has 0 aromatic heterocycles. The van der Waals surface area contributed by atoms with Crippen LogP contribution in [0, 0.1) is 5.82 Å². The topological polar surface area (TPSA) is 61.8 Å². The van der Waals surface area contributed by atoms with Crippen molar-refractivity contribution in [2.45, 2.75) is 11.7 Å². The Morgan fingerprint density at radius 2 is 2.12 bits per heavy atom. The highest BCUT2D eigenvalue weighted by Gasteiger charge is 2.51. The van der Waals surface area contributed by atoms with E-state index in [2.05, 4.69) is 5.32 Å². The molecule has 2 aliphatic rings. The first-order valence-electron chi connectivity index (χ1n) is 7.91. The number of likely N-dealkylation sites (tertiary alicyclic amines) is 1. The number of fused-ring (bicyclic) bond motifs is 2. The molecule has 1 unspecified atom stereocenters. The fraction of sp³-hybridized carbons (Fsp3) is 0.278. The zero-order valence-corrected chi connectivity index (χ0v) is 14.0. The number of nitrogens with zero attached hydrogens (tertiary/aromatic N) is 1. The molecule has 5 nitrogen and oxygen atoms in total. The smallest absolute Gasteiger partial charge is 0.412 e. The third-order valence-electron chi connectivity index (χ3n) is 4.62. The molecule has 0 aliphatic carbocycles. The first-order valence-corrected chi connectivity index (χ1v) is 8.29. The minimum absolute atomic E-state index is 0.373. The molecule has 2 N–H and O–H groups in total. The van der Waals surface area contributed by atoms with E-state index in [1.807, 2.05) is 4.90 Å². The molecule has 1 amide bonds. The Balaban J connectivity index is 1.50. The van der Waals surface area contributed by atoms with Crippen LogP contribution in [0.5, 0.6) is 0 Å². The fourth-order valence-electron chi connectivity index (χ4n) is 3.47. The van der Waals surface area contributed by atoms with Gasteiger partial charge in [-0.05, 0) is 35.9 Å². The number of β-amino-alcohol motifs (C(OH)–C–C–N with tert-alkyl or cyclic N) is 1. The van der Waals surface area contributed by atoms with Crippen molar-refractivity contribution < 1.29 is 19.0 Å². The van der Waals surface area contributed by atoms with Gasteiger partial charge in [0.15, 0.2) is 5.60 Å². The number of amides is 1. The van der Waals surface area contributed by atoms with E-state index in [1.165, 1.54) is 18.2 Å². The highest BCUT2D eigenvalue weighted by atomic mass is 35.5. The van der Waals surface area contributed by atoms with Crippen LogP contribution in [0.1, 0.15) is 17.2 Å². The summed E-state index contributed by atoms with van der Waals surface area (Å²) < 4.78 is 19.1. The van der Waals surface area contributed by atoms with E-state index in [-0.39, 0.29) is 5.82 Å². The molecule has 130 valence electrons. The van der Waals surface area contributed by atoms with Gasteiger partial charge in [0.05, 0.1) is 11.8 Å². The summed E-state index contributed by atoms with van der Waals surface area (Å²) in [6.07, 6.45) is -1.26. The molecular weight excluding hydrogens is 347 g/mol. The van der Waals surface area contributed by atoms with Gasteiger partial charge in [0.1, 0.15) is 5.82 Å². The van der Waals surface area contributed by atoms with Gasteiger partial charge in [-0.3, -0.25) is 10.2 Å². The van der Waals surface area contributed by atoms with Crippen molar-refractivity contribution in [1.82, 2.24) is 4.90 Å². The number of carbonyl (C=O) groups excluding carboxylic acids is 1. The number of hydrogen-bond donors (Lipinski definition) is 2. The van der Waals surface area contributed by atoms with Crippen LogP contribution < -0.4 is 5.32 Å². The lowest BCUT2D eigenvalue weighted by Crippen LogP contribution is -2.63. The SMILES string of the molecule is O=C1Nc2ccc(F)cc2C2(CN(CC(O)c3cccc(Cl)c3)C2)O1. The van der Waals surface area contributed by atoms with Gasteiger partial charge in [-0.2, -0.15) is 0 Å². The molecule has 2 heterocycles.